The Morgan fingerprint density at radius 3 is 2.47 bits per heavy atom. The molecule has 1 N–H and O–H groups in total. The van der Waals surface area contributed by atoms with Crippen LogP contribution < -0.4 is 10.2 Å². The first-order chi connectivity index (χ1) is 16.5. The van der Waals surface area contributed by atoms with E-state index in [-0.39, 0.29) is 23.5 Å². The number of nitrogens with zero attached hydrogens (tertiary/aromatic N) is 4. The van der Waals surface area contributed by atoms with Crippen molar-refractivity contribution in [3.63, 3.8) is 0 Å². The lowest BCUT2D eigenvalue weighted by Crippen LogP contribution is -2.40. The van der Waals surface area contributed by atoms with Gasteiger partial charge in [0.25, 0.3) is 5.91 Å². The number of amides is 2. The van der Waals surface area contributed by atoms with Gasteiger partial charge in [-0.25, -0.2) is 9.37 Å². The second kappa shape index (κ2) is 9.66. The zero-order valence-corrected chi connectivity index (χ0v) is 20.0. The lowest BCUT2D eigenvalue weighted by atomic mass is 9.94. The van der Waals surface area contributed by atoms with Gasteiger partial charge < -0.3 is 15.1 Å². The fourth-order valence-corrected chi connectivity index (χ4v) is 5.68. The Kier molecular flexibility index (Phi) is 6.45. The molecule has 2 aliphatic rings. The van der Waals surface area contributed by atoms with Gasteiger partial charge in [-0.05, 0) is 74.8 Å². The third-order valence-corrected chi connectivity index (χ3v) is 7.66. The van der Waals surface area contributed by atoms with Gasteiger partial charge in [0, 0.05) is 44.0 Å². The molecule has 2 aromatic heterocycles. The van der Waals surface area contributed by atoms with E-state index in [1.54, 1.807) is 18.3 Å². The summed E-state index contributed by atoms with van der Waals surface area (Å²) in [6.45, 7) is 4.85. The van der Waals surface area contributed by atoms with Crippen LogP contribution in [0.1, 0.15) is 48.2 Å². The van der Waals surface area contributed by atoms with Gasteiger partial charge in [-0.1, -0.05) is 0 Å². The van der Waals surface area contributed by atoms with Crippen LogP contribution in [0.3, 0.4) is 0 Å². The van der Waals surface area contributed by atoms with Crippen molar-refractivity contribution in [3.8, 4) is 0 Å². The van der Waals surface area contributed by atoms with E-state index >= 15 is 0 Å². The first-order valence-electron chi connectivity index (χ1n) is 11.9. The fourth-order valence-electron chi connectivity index (χ4n) is 4.93. The zero-order valence-electron chi connectivity index (χ0n) is 19.2. The first-order valence-corrected chi connectivity index (χ1v) is 12.6. The Labute approximate surface area is 202 Å². The molecule has 178 valence electrons. The van der Waals surface area contributed by atoms with Crippen LogP contribution in [0.15, 0.2) is 30.5 Å². The van der Waals surface area contributed by atoms with Crippen LogP contribution in [0, 0.1) is 18.7 Å². The molecule has 7 nitrogen and oxygen atoms in total. The number of rotatable bonds is 4. The first kappa shape index (κ1) is 22.7. The van der Waals surface area contributed by atoms with Crippen molar-refractivity contribution in [3.05, 3.63) is 47.5 Å². The van der Waals surface area contributed by atoms with Gasteiger partial charge in [0.1, 0.15) is 10.6 Å². The summed E-state index contributed by atoms with van der Waals surface area (Å²) in [5.74, 6) is -0.486. The minimum atomic E-state index is -0.330. The van der Waals surface area contributed by atoms with Crippen LogP contribution in [0.5, 0.6) is 0 Å². The van der Waals surface area contributed by atoms with Crippen LogP contribution in [0.4, 0.5) is 15.8 Å². The Balaban J connectivity index is 1.36. The quantitative estimate of drug-likeness (QED) is 0.588. The van der Waals surface area contributed by atoms with E-state index in [4.69, 9.17) is 0 Å². The van der Waals surface area contributed by atoms with Crippen molar-refractivity contribution in [2.24, 2.45) is 5.92 Å². The minimum Gasteiger partial charge on any atom is -0.370 e. The number of anilines is 2. The monoisotopic (exact) mass is 481 g/mol. The van der Waals surface area contributed by atoms with E-state index in [1.165, 1.54) is 23.7 Å². The maximum atomic E-state index is 13.5. The minimum absolute atomic E-state index is 0.0332. The topological polar surface area (TPSA) is 78.4 Å². The van der Waals surface area contributed by atoms with Crippen molar-refractivity contribution < 1.29 is 14.0 Å². The van der Waals surface area contributed by atoms with Crippen LogP contribution in [-0.2, 0) is 4.79 Å². The number of aromatic nitrogens is 2. The number of carbonyl (C=O) groups is 2. The largest absolute Gasteiger partial charge is 0.370 e. The summed E-state index contributed by atoms with van der Waals surface area (Å²) < 4.78 is 17.7. The third kappa shape index (κ3) is 4.49. The Hall–Kier alpha value is -3.07. The SMILES string of the molecule is Cc1nsc2ncc(C(=O)N3CCCCC3)c(N3CCC(C(=O)Nc4ccc(F)cc4)CC3)c12. The second-order valence-electron chi connectivity index (χ2n) is 9.08. The highest BCUT2D eigenvalue weighted by Crippen LogP contribution is 2.37. The number of benzene rings is 1. The molecule has 2 aliphatic heterocycles. The van der Waals surface area contributed by atoms with E-state index in [1.807, 2.05) is 11.8 Å². The summed E-state index contributed by atoms with van der Waals surface area (Å²) in [6.07, 6.45) is 6.28. The molecule has 0 aliphatic carbocycles. The molecule has 2 saturated heterocycles. The van der Waals surface area contributed by atoms with E-state index in [9.17, 15) is 14.0 Å². The number of likely N-dealkylation sites (tertiary alicyclic amines) is 1. The van der Waals surface area contributed by atoms with Gasteiger partial charge in [0.15, 0.2) is 0 Å². The zero-order chi connectivity index (χ0) is 23.7. The maximum absolute atomic E-state index is 13.5. The molecule has 4 heterocycles. The number of hydrogen-bond donors (Lipinski definition) is 1. The van der Waals surface area contributed by atoms with Crippen molar-refractivity contribution in [2.75, 3.05) is 36.4 Å². The Bertz CT molecular complexity index is 1200. The van der Waals surface area contributed by atoms with Gasteiger partial charge in [-0.15, -0.1) is 0 Å². The molecule has 34 heavy (non-hydrogen) atoms. The average Bonchev–Trinajstić information content (AvgIpc) is 3.26. The van der Waals surface area contributed by atoms with E-state index < -0.39 is 0 Å². The molecule has 0 spiro atoms. The molecule has 3 aromatic rings. The summed E-state index contributed by atoms with van der Waals surface area (Å²) in [7, 11) is 0. The van der Waals surface area contributed by atoms with Gasteiger partial charge >= 0.3 is 0 Å². The molecular formula is C25H28FN5O2S. The van der Waals surface area contributed by atoms with Crippen LogP contribution in [0.25, 0.3) is 10.2 Å². The lowest BCUT2D eigenvalue weighted by Gasteiger charge is -2.35. The summed E-state index contributed by atoms with van der Waals surface area (Å²) in [5, 5.41) is 3.84. The van der Waals surface area contributed by atoms with Gasteiger partial charge in [0.05, 0.1) is 22.3 Å². The van der Waals surface area contributed by atoms with Crippen LogP contribution in [-0.4, -0.2) is 52.3 Å². The summed E-state index contributed by atoms with van der Waals surface area (Å²) >= 11 is 1.35. The summed E-state index contributed by atoms with van der Waals surface area (Å²) in [4.78, 5) is 35.8. The molecule has 9 heteroatoms. The number of carbonyl (C=O) groups excluding carboxylic acids is 2. The second-order valence-corrected chi connectivity index (χ2v) is 9.83. The van der Waals surface area contributed by atoms with Crippen molar-refractivity contribution in [2.45, 2.75) is 39.0 Å². The van der Waals surface area contributed by atoms with Gasteiger partial charge in [-0.2, -0.15) is 4.37 Å². The van der Waals surface area contributed by atoms with Crippen molar-refractivity contribution >= 4 is 44.9 Å². The third-order valence-electron chi connectivity index (χ3n) is 6.81. The number of pyridine rings is 1. The smallest absolute Gasteiger partial charge is 0.257 e. The fraction of sp³-hybridized carbons (Fsp3) is 0.440. The van der Waals surface area contributed by atoms with Gasteiger partial charge in [-0.3, -0.25) is 9.59 Å². The van der Waals surface area contributed by atoms with E-state index in [2.05, 4.69) is 19.6 Å². The number of piperidine rings is 2. The van der Waals surface area contributed by atoms with Crippen molar-refractivity contribution in [1.29, 1.82) is 0 Å². The van der Waals surface area contributed by atoms with E-state index in [0.29, 0.717) is 37.2 Å². The van der Waals surface area contributed by atoms with Crippen LogP contribution >= 0.6 is 11.5 Å². The highest BCUT2D eigenvalue weighted by Gasteiger charge is 2.31. The van der Waals surface area contributed by atoms with E-state index in [0.717, 1.165) is 53.9 Å². The molecular weight excluding hydrogens is 453 g/mol. The predicted molar refractivity (Wildman–Crippen MR) is 132 cm³/mol. The molecule has 5 rings (SSSR count). The molecule has 0 radical (unpaired) electrons. The highest BCUT2D eigenvalue weighted by atomic mass is 32.1. The standard InChI is InChI=1S/C25H28FN5O2S/c1-16-21-22(20(15-27-24(21)34-29-16)25(33)31-11-3-2-4-12-31)30-13-9-17(10-14-30)23(32)28-19-7-5-18(26)6-8-19/h5-8,15,17H,2-4,9-14H2,1H3,(H,28,32). The number of hydrogen-bond acceptors (Lipinski definition) is 6. The van der Waals surface area contributed by atoms with Crippen molar-refractivity contribution in [1.82, 2.24) is 14.3 Å². The number of aryl methyl sites for hydroxylation is 1. The Morgan fingerprint density at radius 2 is 1.76 bits per heavy atom. The van der Waals surface area contributed by atoms with Crippen LogP contribution in [0.2, 0.25) is 0 Å². The number of nitrogens with one attached hydrogen (secondary N) is 1. The summed E-state index contributed by atoms with van der Waals surface area (Å²) in [5.41, 5.74) is 3.02. The molecule has 2 fully saturated rings. The molecule has 0 saturated carbocycles. The molecule has 0 unspecified atom stereocenters. The predicted octanol–water partition coefficient (Wildman–Crippen LogP) is 4.62. The molecule has 0 bridgehead atoms. The number of fused-ring (bicyclic) bond motifs is 1. The Morgan fingerprint density at radius 1 is 1.06 bits per heavy atom. The van der Waals surface area contributed by atoms with Gasteiger partial charge in [0.2, 0.25) is 5.91 Å². The average molecular weight is 482 g/mol. The summed E-state index contributed by atoms with van der Waals surface area (Å²) in [6, 6.07) is 5.82. The molecule has 1 aromatic carbocycles. The molecule has 0 atom stereocenters. The highest BCUT2D eigenvalue weighted by molar-refractivity contribution is 7.13. The maximum Gasteiger partial charge on any atom is 0.257 e. The molecule has 2 amide bonds. The normalized spacial score (nSPS) is 17.2. The number of halogens is 1. The lowest BCUT2D eigenvalue weighted by molar-refractivity contribution is -0.120.